The number of esters is 1. The summed E-state index contributed by atoms with van der Waals surface area (Å²) in [5, 5.41) is 2.74. The van der Waals surface area contributed by atoms with Crippen molar-refractivity contribution in [3.63, 3.8) is 0 Å². The number of rotatable bonds is 4. The molecule has 0 bridgehead atoms. The van der Waals surface area contributed by atoms with Gasteiger partial charge < -0.3 is 25.1 Å². The summed E-state index contributed by atoms with van der Waals surface area (Å²) in [5.74, 6) is -0.670. The molecule has 2 heterocycles. The van der Waals surface area contributed by atoms with E-state index in [4.69, 9.17) is 10.5 Å². The molecule has 2 atom stereocenters. The lowest BCUT2D eigenvalue weighted by Crippen LogP contribution is -2.29. The smallest absolute Gasteiger partial charge is 0.354 e. The lowest BCUT2D eigenvalue weighted by atomic mass is 10.2. The fraction of sp³-hybridized carbons (Fsp3) is 0.538. The Hall–Kier alpha value is -1.57. The van der Waals surface area contributed by atoms with Gasteiger partial charge in [0.05, 0.1) is 18.9 Å². The molecule has 1 saturated heterocycles. The molecule has 0 radical (unpaired) electrons. The lowest BCUT2D eigenvalue weighted by molar-refractivity contribution is -0.126. The second-order valence-corrected chi connectivity index (χ2v) is 4.77. The third-order valence-electron chi connectivity index (χ3n) is 3.33. The molecule has 2 rings (SSSR count). The molecule has 1 aliphatic heterocycles. The number of nitrogens with one attached hydrogen (secondary N) is 1. The molecule has 1 amide bonds. The Morgan fingerprint density at radius 3 is 2.81 bits per heavy atom. The van der Waals surface area contributed by atoms with Gasteiger partial charge in [-0.2, -0.15) is 0 Å². The molecule has 0 aliphatic carbocycles. The predicted octanol–water partition coefficient (Wildman–Crippen LogP) is 0.678. The first-order valence-electron chi connectivity index (χ1n) is 6.46. The number of carbonyl (C=O) groups is 2. The molecule has 3 N–H and O–H groups in total. The van der Waals surface area contributed by atoms with E-state index in [1.54, 1.807) is 23.9 Å². The van der Waals surface area contributed by atoms with Gasteiger partial charge in [-0.15, -0.1) is 12.4 Å². The largest absolute Gasteiger partial charge is 0.464 e. The van der Waals surface area contributed by atoms with Gasteiger partial charge >= 0.3 is 5.97 Å². The first-order chi connectivity index (χ1) is 9.55. The molecule has 0 aromatic carbocycles. The average Bonchev–Trinajstić information content (AvgIpc) is 3.04. The molecule has 21 heavy (non-hydrogen) atoms. The summed E-state index contributed by atoms with van der Waals surface area (Å²) in [7, 11) is 3.02. The zero-order chi connectivity index (χ0) is 14.7. The van der Waals surface area contributed by atoms with Crippen LogP contribution in [0.3, 0.4) is 0 Å². The molecule has 0 saturated carbocycles. The third-order valence-corrected chi connectivity index (χ3v) is 3.33. The number of ether oxygens (including phenoxy) is 2. The van der Waals surface area contributed by atoms with Crippen LogP contribution in [0.15, 0.2) is 12.3 Å². The highest BCUT2D eigenvalue weighted by atomic mass is 35.5. The molecule has 1 aromatic rings. The van der Waals surface area contributed by atoms with E-state index in [-0.39, 0.29) is 24.4 Å². The van der Waals surface area contributed by atoms with Gasteiger partial charge in [-0.3, -0.25) is 4.79 Å². The van der Waals surface area contributed by atoms with Gasteiger partial charge in [0.2, 0.25) is 0 Å². The van der Waals surface area contributed by atoms with E-state index in [9.17, 15) is 9.59 Å². The molecule has 0 unspecified atom stereocenters. The van der Waals surface area contributed by atoms with Crippen molar-refractivity contribution >= 4 is 30.0 Å². The molecular weight excluding hydrogens is 298 g/mol. The van der Waals surface area contributed by atoms with Crippen molar-refractivity contribution < 1.29 is 19.1 Å². The van der Waals surface area contributed by atoms with E-state index in [1.165, 1.54) is 7.11 Å². The van der Waals surface area contributed by atoms with Crippen molar-refractivity contribution in [2.24, 2.45) is 12.8 Å². The van der Waals surface area contributed by atoms with Crippen LogP contribution in [0.1, 0.15) is 23.3 Å². The van der Waals surface area contributed by atoms with E-state index in [0.29, 0.717) is 24.3 Å². The Morgan fingerprint density at radius 1 is 1.52 bits per heavy atom. The van der Waals surface area contributed by atoms with Crippen molar-refractivity contribution in [1.29, 1.82) is 0 Å². The molecule has 118 valence electrons. The summed E-state index contributed by atoms with van der Waals surface area (Å²) in [5.41, 5.74) is 6.42. The molecule has 8 heteroatoms. The highest BCUT2D eigenvalue weighted by Crippen LogP contribution is 2.21. The quantitative estimate of drug-likeness (QED) is 0.796. The third kappa shape index (κ3) is 3.96. The molecule has 1 aliphatic rings. The molecule has 1 aromatic heterocycles. The maximum absolute atomic E-state index is 12.0. The number of hydrogen-bond donors (Lipinski definition) is 2. The number of amides is 1. The van der Waals surface area contributed by atoms with Gasteiger partial charge in [0, 0.05) is 19.8 Å². The number of nitrogens with zero attached hydrogens (tertiary/aromatic N) is 1. The Morgan fingerprint density at radius 2 is 2.24 bits per heavy atom. The van der Waals surface area contributed by atoms with Gasteiger partial charge in [0.25, 0.3) is 5.91 Å². The minimum atomic E-state index is -0.481. The topological polar surface area (TPSA) is 95.6 Å². The van der Waals surface area contributed by atoms with Crippen LogP contribution in [-0.2, 0) is 21.3 Å². The van der Waals surface area contributed by atoms with Crippen molar-refractivity contribution in [1.82, 2.24) is 4.57 Å². The summed E-state index contributed by atoms with van der Waals surface area (Å²) < 4.78 is 11.8. The number of hydrogen-bond acceptors (Lipinski definition) is 5. The molecule has 0 spiro atoms. The van der Waals surface area contributed by atoms with Crippen molar-refractivity contribution in [3.8, 4) is 0 Å². The maximum atomic E-state index is 12.0. The summed E-state index contributed by atoms with van der Waals surface area (Å²) >= 11 is 0. The van der Waals surface area contributed by atoms with Crippen LogP contribution in [0.4, 0.5) is 5.69 Å². The van der Waals surface area contributed by atoms with Gasteiger partial charge in [0.1, 0.15) is 11.8 Å². The Labute approximate surface area is 129 Å². The monoisotopic (exact) mass is 317 g/mol. The first-order valence-corrected chi connectivity index (χ1v) is 6.46. The Kier molecular flexibility index (Phi) is 6.19. The van der Waals surface area contributed by atoms with Gasteiger partial charge in [-0.1, -0.05) is 0 Å². The number of methoxy groups -OCH3 is 1. The highest BCUT2D eigenvalue weighted by Gasteiger charge is 2.30. The van der Waals surface area contributed by atoms with Crippen LogP contribution in [0, 0.1) is 0 Å². The van der Waals surface area contributed by atoms with Gasteiger partial charge in [0.15, 0.2) is 0 Å². The zero-order valence-corrected chi connectivity index (χ0v) is 12.8. The summed E-state index contributed by atoms with van der Waals surface area (Å²) in [6.45, 7) is 0.418. The fourth-order valence-corrected chi connectivity index (χ4v) is 2.24. The lowest BCUT2D eigenvalue weighted by Gasteiger charge is -2.11. The van der Waals surface area contributed by atoms with Gasteiger partial charge in [-0.25, -0.2) is 4.79 Å². The van der Waals surface area contributed by atoms with Crippen LogP contribution in [0.5, 0.6) is 0 Å². The molecule has 1 fully saturated rings. The van der Waals surface area contributed by atoms with E-state index >= 15 is 0 Å². The normalized spacial score (nSPS) is 20.7. The summed E-state index contributed by atoms with van der Waals surface area (Å²) in [4.78, 5) is 23.5. The van der Waals surface area contributed by atoms with E-state index in [0.717, 1.165) is 6.42 Å². The number of nitrogens with two attached hydrogens (primary N) is 1. The maximum Gasteiger partial charge on any atom is 0.354 e. The van der Waals surface area contributed by atoms with E-state index < -0.39 is 12.1 Å². The van der Waals surface area contributed by atoms with Crippen LogP contribution >= 0.6 is 12.4 Å². The summed E-state index contributed by atoms with van der Waals surface area (Å²) in [6, 6.07) is 1.57. The van der Waals surface area contributed by atoms with Crippen molar-refractivity contribution in [3.05, 3.63) is 18.0 Å². The molecule has 7 nitrogen and oxygen atoms in total. The van der Waals surface area contributed by atoms with E-state index in [1.807, 2.05) is 0 Å². The number of carbonyl (C=O) groups excluding carboxylic acids is 2. The minimum absolute atomic E-state index is 0. The van der Waals surface area contributed by atoms with Crippen LogP contribution in [0.25, 0.3) is 0 Å². The first kappa shape index (κ1) is 17.5. The highest BCUT2D eigenvalue weighted by molar-refractivity contribution is 5.96. The average molecular weight is 318 g/mol. The second-order valence-electron chi connectivity index (χ2n) is 4.77. The Bertz CT molecular complexity index is 518. The predicted molar refractivity (Wildman–Crippen MR) is 79.6 cm³/mol. The van der Waals surface area contributed by atoms with Crippen molar-refractivity contribution in [2.45, 2.75) is 25.0 Å². The van der Waals surface area contributed by atoms with Crippen LogP contribution < -0.4 is 11.1 Å². The standard InChI is InChI=1S/C13H19N3O4.ClH/c1-16-7-8(5-10(16)13(18)19-2)15-12(17)11-4-3-9(6-14)20-11;/h5,7,9,11H,3-4,6,14H2,1-2H3,(H,15,17);1H/t9-,11+;/m1./s1. The Balaban J connectivity index is 0.00000220. The summed E-state index contributed by atoms with van der Waals surface area (Å²) in [6.07, 6.45) is 2.57. The molecular formula is C13H20ClN3O4. The zero-order valence-electron chi connectivity index (χ0n) is 12.0. The number of aryl methyl sites for hydroxylation is 1. The SMILES string of the molecule is COC(=O)c1cc(NC(=O)[C@@H]2CC[C@H](CN)O2)cn1C.Cl. The number of anilines is 1. The second kappa shape index (κ2) is 7.44. The van der Waals surface area contributed by atoms with E-state index in [2.05, 4.69) is 10.1 Å². The van der Waals surface area contributed by atoms with Crippen LogP contribution in [-0.4, -0.2) is 42.3 Å². The van der Waals surface area contributed by atoms with Crippen molar-refractivity contribution in [2.75, 3.05) is 19.0 Å². The minimum Gasteiger partial charge on any atom is -0.464 e. The van der Waals surface area contributed by atoms with Crippen LogP contribution in [0.2, 0.25) is 0 Å². The fourth-order valence-electron chi connectivity index (χ4n) is 2.24. The number of aromatic nitrogens is 1. The number of halogens is 1. The van der Waals surface area contributed by atoms with Gasteiger partial charge in [-0.05, 0) is 18.9 Å².